The topological polar surface area (TPSA) is 0 Å². The SMILES string of the molecule is [C-]1=CC=CC1.[CH3-].[CH3-].[CH3-].[CH3-].[CH3-].[CH3-].[CH3-].[CH3-].[CH3-].[CH3-].[Ni]. The van der Waals surface area contributed by atoms with Gasteiger partial charge in [0, 0.05) is 16.5 Å². The predicted octanol–water partition coefficient (Wildman–Crippen LogP) is 5.81. The Morgan fingerprint density at radius 3 is 1.00 bits per heavy atom. The summed E-state index contributed by atoms with van der Waals surface area (Å²) in [5, 5.41) is 0. The molecule has 0 atom stereocenters. The molecular weight excluding hydrogens is 239 g/mol. The van der Waals surface area contributed by atoms with Gasteiger partial charge in [-0.3, -0.25) is 6.08 Å². The first-order valence-corrected chi connectivity index (χ1v) is 1.72. The predicted molar refractivity (Wildman–Crippen MR) is 85.7 cm³/mol. The molecule has 0 N–H and O–H groups in total. The maximum Gasteiger partial charge on any atom is 0 e. The molecule has 0 aliphatic heterocycles. The van der Waals surface area contributed by atoms with Crippen molar-refractivity contribution in [1.29, 1.82) is 0 Å². The van der Waals surface area contributed by atoms with Crippen LogP contribution in [0, 0.1) is 80.3 Å². The van der Waals surface area contributed by atoms with Crippen molar-refractivity contribution >= 4 is 0 Å². The Morgan fingerprint density at radius 2 is 0.938 bits per heavy atom. The molecule has 0 aromatic rings. The zero-order valence-corrected chi connectivity index (χ0v) is 14.2. The van der Waals surface area contributed by atoms with Crippen LogP contribution in [0.15, 0.2) is 18.2 Å². The summed E-state index contributed by atoms with van der Waals surface area (Å²) >= 11 is 0. The summed E-state index contributed by atoms with van der Waals surface area (Å²) in [5.41, 5.74) is 0. The van der Waals surface area contributed by atoms with Crippen LogP contribution < -0.4 is 0 Å². The third kappa shape index (κ3) is 95.1. The molecule has 0 aromatic heterocycles. The van der Waals surface area contributed by atoms with E-state index < -0.39 is 0 Å². The van der Waals surface area contributed by atoms with Crippen molar-refractivity contribution in [3.8, 4) is 0 Å². The molecule has 0 saturated heterocycles. The molecule has 1 heteroatoms. The minimum atomic E-state index is 0. The molecule has 0 saturated carbocycles. The minimum absolute atomic E-state index is 0. The van der Waals surface area contributed by atoms with Crippen molar-refractivity contribution < 1.29 is 16.5 Å². The molecule has 116 valence electrons. The summed E-state index contributed by atoms with van der Waals surface area (Å²) in [7, 11) is 0. The molecule has 16 heavy (non-hydrogen) atoms. The summed E-state index contributed by atoms with van der Waals surface area (Å²) in [5.74, 6) is 0. The number of rotatable bonds is 0. The van der Waals surface area contributed by atoms with Crippen LogP contribution in [-0.4, -0.2) is 0 Å². The standard InChI is InChI=1S/C5H5.10CH3.Ni/c1-2-4-5-3-1;;;;;;;;;;;/h1-3H,4H2;10*1H3;/q11*-1;. The van der Waals surface area contributed by atoms with E-state index in [2.05, 4.69) is 12.2 Å². The Labute approximate surface area is 122 Å². The molecule has 0 heterocycles. The fourth-order valence-electron chi connectivity index (χ4n) is 0.340. The van der Waals surface area contributed by atoms with Gasteiger partial charge in [0.15, 0.2) is 0 Å². The maximum atomic E-state index is 2.99. The second kappa shape index (κ2) is 118. The van der Waals surface area contributed by atoms with Gasteiger partial charge in [0.2, 0.25) is 0 Å². The average molecular weight is 274 g/mol. The Kier molecular flexibility index (Phi) is 1070. The third-order valence-electron chi connectivity index (χ3n) is 0.586. The summed E-state index contributed by atoms with van der Waals surface area (Å²) in [4.78, 5) is 0. The summed E-state index contributed by atoms with van der Waals surface area (Å²) < 4.78 is 0. The van der Waals surface area contributed by atoms with Gasteiger partial charge in [0.1, 0.15) is 0 Å². The van der Waals surface area contributed by atoms with Crippen LogP contribution in [0.4, 0.5) is 0 Å². The second-order valence-corrected chi connectivity index (χ2v) is 1.00. The van der Waals surface area contributed by atoms with Crippen molar-refractivity contribution in [3.05, 3.63) is 98.6 Å². The molecular formula is C15H35Ni-11. The smallest absolute Gasteiger partial charge is 0 e. The third-order valence-corrected chi connectivity index (χ3v) is 0.586. The maximum absolute atomic E-state index is 2.99. The van der Waals surface area contributed by atoms with Gasteiger partial charge in [-0.2, -0.15) is 6.08 Å². The summed E-state index contributed by atoms with van der Waals surface area (Å²) in [6.45, 7) is 0. The van der Waals surface area contributed by atoms with Gasteiger partial charge in [-0.15, -0.1) is 6.42 Å². The van der Waals surface area contributed by atoms with Crippen LogP contribution in [0.5, 0.6) is 0 Å². The molecule has 0 nitrogen and oxygen atoms in total. The van der Waals surface area contributed by atoms with Crippen molar-refractivity contribution in [2.75, 3.05) is 0 Å². The largest absolute Gasteiger partial charge is 0.358 e. The summed E-state index contributed by atoms with van der Waals surface area (Å²) in [6, 6.07) is 0. The van der Waals surface area contributed by atoms with Crippen LogP contribution in [0.3, 0.4) is 0 Å². The van der Waals surface area contributed by atoms with Crippen molar-refractivity contribution in [1.82, 2.24) is 0 Å². The zero-order valence-electron chi connectivity index (χ0n) is 13.3. The monoisotopic (exact) mass is 273 g/mol. The molecule has 0 amide bonds. The van der Waals surface area contributed by atoms with Gasteiger partial charge < -0.3 is 74.3 Å². The van der Waals surface area contributed by atoms with Crippen LogP contribution in [-0.2, 0) is 16.5 Å². The molecule has 0 fully saturated rings. The first-order valence-electron chi connectivity index (χ1n) is 1.72. The van der Waals surface area contributed by atoms with E-state index >= 15 is 0 Å². The number of hydrogen-bond acceptors (Lipinski definition) is 0. The van der Waals surface area contributed by atoms with Crippen molar-refractivity contribution in [2.24, 2.45) is 0 Å². The van der Waals surface area contributed by atoms with E-state index in [0.717, 1.165) is 6.42 Å². The number of hydrogen-bond donors (Lipinski definition) is 0. The van der Waals surface area contributed by atoms with E-state index in [-0.39, 0.29) is 90.8 Å². The number of allylic oxidation sites excluding steroid dienone is 4. The Balaban J connectivity index is -0.00000000253. The van der Waals surface area contributed by atoms with Gasteiger partial charge in [-0.05, 0) is 0 Å². The van der Waals surface area contributed by atoms with Gasteiger partial charge >= 0.3 is 0 Å². The zero-order chi connectivity index (χ0) is 3.54. The molecule has 1 aliphatic carbocycles. The average Bonchev–Trinajstić information content (AvgIpc) is 1.76. The van der Waals surface area contributed by atoms with Crippen LogP contribution in [0.1, 0.15) is 6.42 Å². The van der Waals surface area contributed by atoms with Crippen LogP contribution in [0.2, 0.25) is 0 Å². The van der Waals surface area contributed by atoms with E-state index in [4.69, 9.17) is 0 Å². The molecule has 0 bridgehead atoms. The van der Waals surface area contributed by atoms with E-state index in [9.17, 15) is 0 Å². The van der Waals surface area contributed by atoms with Gasteiger partial charge in [0.05, 0.1) is 0 Å². The normalized spacial score (nSPS) is 5.50. The van der Waals surface area contributed by atoms with E-state index in [1.165, 1.54) is 0 Å². The molecule has 0 aromatic carbocycles. The van der Waals surface area contributed by atoms with Crippen LogP contribution >= 0.6 is 0 Å². The molecule has 1 rings (SSSR count). The first kappa shape index (κ1) is 145. The fourth-order valence-corrected chi connectivity index (χ4v) is 0.340. The van der Waals surface area contributed by atoms with Gasteiger partial charge in [-0.1, -0.05) is 0 Å². The van der Waals surface area contributed by atoms with Crippen molar-refractivity contribution in [3.63, 3.8) is 0 Å². The van der Waals surface area contributed by atoms with Gasteiger partial charge in [0.25, 0.3) is 0 Å². The molecule has 0 radical (unpaired) electrons. The summed E-state index contributed by atoms with van der Waals surface area (Å²) in [6.07, 6.45) is 10.0. The fraction of sp³-hybridized carbons (Fsp3) is 0.0667. The Bertz CT molecular complexity index is 63.5. The Morgan fingerprint density at radius 1 is 0.625 bits per heavy atom. The van der Waals surface area contributed by atoms with Gasteiger partial charge in [-0.25, -0.2) is 12.2 Å². The second-order valence-electron chi connectivity index (χ2n) is 1.00. The first-order chi connectivity index (χ1) is 2.50. The quantitative estimate of drug-likeness (QED) is 0.386. The Hall–Kier alpha value is -0.0265. The molecule has 1 aliphatic rings. The van der Waals surface area contributed by atoms with E-state index in [1.54, 1.807) is 0 Å². The molecule has 0 spiro atoms. The minimum Gasteiger partial charge on any atom is -0.358 e. The van der Waals surface area contributed by atoms with E-state index in [0.29, 0.717) is 0 Å². The van der Waals surface area contributed by atoms with Crippen LogP contribution in [0.25, 0.3) is 0 Å². The van der Waals surface area contributed by atoms with Crippen molar-refractivity contribution in [2.45, 2.75) is 6.42 Å². The molecule has 0 unspecified atom stereocenters. The van der Waals surface area contributed by atoms with E-state index in [1.807, 2.05) is 12.2 Å².